The van der Waals surface area contributed by atoms with E-state index in [1.165, 1.54) is 0 Å². The highest BCUT2D eigenvalue weighted by atomic mass is 16.5. The molecule has 0 aliphatic rings. The third kappa shape index (κ3) is 4.82. The summed E-state index contributed by atoms with van der Waals surface area (Å²) in [6.45, 7) is 2.26. The van der Waals surface area contributed by atoms with E-state index in [0.717, 1.165) is 17.4 Å². The zero-order valence-electron chi connectivity index (χ0n) is 15.1. The number of ether oxygens (including phenoxy) is 1. The van der Waals surface area contributed by atoms with Crippen LogP contribution < -0.4 is 10.1 Å². The van der Waals surface area contributed by atoms with Gasteiger partial charge in [-0.25, -0.2) is 0 Å². The average molecular weight is 359 g/mol. The van der Waals surface area contributed by atoms with E-state index in [9.17, 15) is 9.59 Å². The molecule has 0 heterocycles. The lowest BCUT2D eigenvalue weighted by Crippen LogP contribution is -2.27. The monoisotopic (exact) mass is 359 g/mol. The van der Waals surface area contributed by atoms with Gasteiger partial charge in [-0.15, -0.1) is 0 Å². The third-order valence-electron chi connectivity index (χ3n) is 4.27. The first-order valence-electron chi connectivity index (χ1n) is 8.79. The molecule has 3 aromatic carbocycles. The number of nitrogens with one attached hydrogen (secondary N) is 1. The summed E-state index contributed by atoms with van der Waals surface area (Å²) in [6.07, 6.45) is 0.721. The second-order valence-electron chi connectivity index (χ2n) is 6.25. The topological polar surface area (TPSA) is 55.4 Å². The van der Waals surface area contributed by atoms with Crippen molar-refractivity contribution in [1.82, 2.24) is 5.32 Å². The van der Waals surface area contributed by atoms with Gasteiger partial charge >= 0.3 is 0 Å². The molecule has 0 saturated carbocycles. The minimum absolute atomic E-state index is 0.166. The van der Waals surface area contributed by atoms with Crippen LogP contribution in [0.25, 0.3) is 0 Å². The molecule has 3 rings (SSSR count). The van der Waals surface area contributed by atoms with Gasteiger partial charge in [0.15, 0.2) is 0 Å². The van der Waals surface area contributed by atoms with E-state index >= 15 is 0 Å². The van der Waals surface area contributed by atoms with Crippen molar-refractivity contribution in [2.75, 3.05) is 0 Å². The number of carbonyl (C=O) groups excluding carboxylic acids is 2. The lowest BCUT2D eigenvalue weighted by molar-refractivity contribution is 0.0935. The summed E-state index contributed by atoms with van der Waals surface area (Å²) >= 11 is 0. The first kappa shape index (κ1) is 18.4. The SMILES string of the molecule is CC(NC(=O)c1cc(C=O)ccc1OCc1ccccc1)c1ccccc1. The highest BCUT2D eigenvalue weighted by Crippen LogP contribution is 2.22. The fraction of sp³-hybridized carbons (Fsp3) is 0.130. The quantitative estimate of drug-likeness (QED) is 0.629. The van der Waals surface area contributed by atoms with Crippen molar-refractivity contribution in [3.8, 4) is 5.75 Å². The fourth-order valence-corrected chi connectivity index (χ4v) is 2.76. The number of rotatable bonds is 7. The zero-order valence-corrected chi connectivity index (χ0v) is 15.1. The van der Waals surface area contributed by atoms with E-state index in [2.05, 4.69) is 5.32 Å². The standard InChI is InChI=1S/C23H21NO3/c1-17(20-10-6-3-7-11-20)24-23(26)21-14-19(15-25)12-13-22(21)27-16-18-8-4-2-5-9-18/h2-15,17H,16H2,1H3,(H,24,26). The van der Waals surface area contributed by atoms with Crippen LogP contribution in [0.2, 0.25) is 0 Å². The van der Waals surface area contributed by atoms with Crippen molar-refractivity contribution in [2.24, 2.45) is 0 Å². The van der Waals surface area contributed by atoms with Crippen LogP contribution in [0, 0.1) is 0 Å². The molecule has 4 nitrogen and oxygen atoms in total. The van der Waals surface area contributed by atoms with Crippen LogP contribution in [0.1, 0.15) is 44.8 Å². The van der Waals surface area contributed by atoms with Gasteiger partial charge in [-0.05, 0) is 36.2 Å². The van der Waals surface area contributed by atoms with Gasteiger partial charge in [0.2, 0.25) is 0 Å². The zero-order chi connectivity index (χ0) is 19.1. The Kier molecular flexibility index (Phi) is 6.00. The van der Waals surface area contributed by atoms with Crippen LogP contribution in [0.15, 0.2) is 78.9 Å². The van der Waals surface area contributed by atoms with Crippen LogP contribution >= 0.6 is 0 Å². The van der Waals surface area contributed by atoms with E-state index in [-0.39, 0.29) is 11.9 Å². The lowest BCUT2D eigenvalue weighted by atomic mass is 10.1. The van der Waals surface area contributed by atoms with Crippen LogP contribution in [-0.2, 0) is 6.61 Å². The molecule has 27 heavy (non-hydrogen) atoms. The molecular weight excluding hydrogens is 338 g/mol. The van der Waals surface area contributed by atoms with Gasteiger partial charge in [-0.3, -0.25) is 9.59 Å². The molecule has 0 saturated heterocycles. The summed E-state index contributed by atoms with van der Waals surface area (Å²) < 4.78 is 5.85. The van der Waals surface area contributed by atoms with Gasteiger partial charge in [0.1, 0.15) is 18.6 Å². The van der Waals surface area contributed by atoms with Crippen molar-refractivity contribution in [2.45, 2.75) is 19.6 Å². The van der Waals surface area contributed by atoms with Gasteiger partial charge in [0.05, 0.1) is 11.6 Å². The molecule has 0 fully saturated rings. The van der Waals surface area contributed by atoms with Gasteiger partial charge in [0, 0.05) is 5.56 Å². The molecule has 1 unspecified atom stereocenters. The smallest absolute Gasteiger partial charge is 0.255 e. The Balaban J connectivity index is 1.79. The second-order valence-corrected chi connectivity index (χ2v) is 6.25. The van der Waals surface area contributed by atoms with Crippen LogP contribution in [0.3, 0.4) is 0 Å². The molecule has 0 spiro atoms. The van der Waals surface area contributed by atoms with Crippen LogP contribution in [0.5, 0.6) is 5.75 Å². The molecule has 0 aliphatic heterocycles. The lowest BCUT2D eigenvalue weighted by Gasteiger charge is -2.17. The van der Waals surface area contributed by atoms with Crippen LogP contribution in [-0.4, -0.2) is 12.2 Å². The number of aldehydes is 1. The van der Waals surface area contributed by atoms with Crippen molar-refractivity contribution in [1.29, 1.82) is 0 Å². The summed E-state index contributed by atoms with van der Waals surface area (Å²) in [4.78, 5) is 24.0. The van der Waals surface area contributed by atoms with Crippen LogP contribution in [0.4, 0.5) is 0 Å². The Bertz CT molecular complexity index is 907. The summed E-state index contributed by atoms with van der Waals surface area (Å²) in [5.41, 5.74) is 2.78. The predicted molar refractivity (Wildman–Crippen MR) is 105 cm³/mol. The number of benzene rings is 3. The van der Waals surface area contributed by atoms with Gasteiger partial charge < -0.3 is 10.1 Å². The third-order valence-corrected chi connectivity index (χ3v) is 4.27. The molecule has 1 amide bonds. The fourth-order valence-electron chi connectivity index (χ4n) is 2.76. The number of amides is 1. The maximum atomic E-state index is 12.8. The molecule has 1 N–H and O–H groups in total. The van der Waals surface area contributed by atoms with Gasteiger partial charge in [-0.1, -0.05) is 60.7 Å². The summed E-state index contributed by atoms with van der Waals surface area (Å²) in [5.74, 6) is 0.167. The normalized spacial score (nSPS) is 11.4. The summed E-state index contributed by atoms with van der Waals surface area (Å²) in [7, 11) is 0. The van der Waals surface area contributed by atoms with E-state index in [4.69, 9.17) is 4.74 Å². The Morgan fingerprint density at radius 1 is 1.00 bits per heavy atom. The van der Waals surface area contributed by atoms with Crippen molar-refractivity contribution < 1.29 is 14.3 Å². The largest absolute Gasteiger partial charge is 0.488 e. The van der Waals surface area contributed by atoms with E-state index in [1.54, 1.807) is 18.2 Å². The highest BCUT2D eigenvalue weighted by molar-refractivity contribution is 5.98. The van der Waals surface area contributed by atoms with Gasteiger partial charge in [-0.2, -0.15) is 0 Å². The van der Waals surface area contributed by atoms with Crippen molar-refractivity contribution >= 4 is 12.2 Å². The van der Waals surface area contributed by atoms with E-state index in [1.807, 2.05) is 67.6 Å². The number of carbonyl (C=O) groups is 2. The average Bonchev–Trinajstić information content (AvgIpc) is 2.73. The molecule has 3 aromatic rings. The first-order valence-corrected chi connectivity index (χ1v) is 8.79. The first-order chi connectivity index (χ1) is 13.2. The molecular formula is C23H21NO3. The minimum atomic E-state index is -0.280. The van der Waals surface area contributed by atoms with Gasteiger partial charge in [0.25, 0.3) is 5.91 Å². The second kappa shape index (κ2) is 8.81. The maximum Gasteiger partial charge on any atom is 0.255 e. The Morgan fingerprint density at radius 2 is 1.67 bits per heavy atom. The summed E-state index contributed by atoms with van der Waals surface area (Å²) in [5, 5.41) is 2.97. The van der Waals surface area contributed by atoms with Crippen molar-refractivity contribution in [3.05, 3.63) is 101 Å². The predicted octanol–water partition coefficient (Wildman–Crippen LogP) is 4.57. The molecule has 1 atom stereocenters. The molecule has 0 aliphatic carbocycles. The Labute approximate surface area is 158 Å². The van der Waals surface area contributed by atoms with E-state index in [0.29, 0.717) is 23.5 Å². The summed E-state index contributed by atoms with van der Waals surface area (Å²) in [6, 6.07) is 24.1. The Morgan fingerprint density at radius 3 is 2.33 bits per heavy atom. The Hall–Kier alpha value is -3.40. The molecule has 0 radical (unpaired) electrons. The number of hydrogen-bond donors (Lipinski definition) is 1. The van der Waals surface area contributed by atoms with Crippen molar-refractivity contribution in [3.63, 3.8) is 0 Å². The minimum Gasteiger partial charge on any atom is -0.488 e. The maximum absolute atomic E-state index is 12.8. The molecule has 4 heteroatoms. The number of hydrogen-bond acceptors (Lipinski definition) is 3. The van der Waals surface area contributed by atoms with E-state index < -0.39 is 0 Å². The molecule has 0 aromatic heterocycles. The molecule has 0 bridgehead atoms. The highest BCUT2D eigenvalue weighted by Gasteiger charge is 2.17. The molecule has 136 valence electrons.